The summed E-state index contributed by atoms with van der Waals surface area (Å²) in [5, 5.41) is 44.3. The molecule has 41 heavy (non-hydrogen) atoms. The average molecular weight is 593 g/mol. The number of nitro benzene ring substituents is 2. The van der Waals surface area contributed by atoms with Crippen molar-refractivity contribution in [3.05, 3.63) is 102 Å². The monoisotopic (exact) mass is 592 g/mol. The van der Waals surface area contributed by atoms with Gasteiger partial charge in [-0.25, -0.2) is 9.26 Å². The Morgan fingerprint density at radius 3 is 1.39 bits per heavy atom. The summed E-state index contributed by atoms with van der Waals surface area (Å²) < 4.78 is 9.40. The van der Waals surface area contributed by atoms with Crippen LogP contribution >= 0.6 is 23.2 Å². The molecule has 6 rings (SSSR count). The Balaban J connectivity index is 1.19. The van der Waals surface area contributed by atoms with Gasteiger partial charge in [-0.15, -0.1) is 0 Å². The summed E-state index contributed by atoms with van der Waals surface area (Å²) in [5.74, 6) is 0. The number of halogens is 2. The second kappa shape index (κ2) is 10.3. The Hall–Kier alpha value is -5.34. The van der Waals surface area contributed by atoms with Crippen molar-refractivity contribution in [1.82, 2.24) is 20.6 Å². The molecule has 0 spiro atoms. The van der Waals surface area contributed by atoms with Gasteiger partial charge >= 0.3 is 11.4 Å². The molecule has 0 amide bonds. The first-order chi connectivity index (χ1) is 19.8. The second-order valence-electron chi connectivity index (χ2n) is 8.76. The molecule has 6 aromatic rings. The predicted octanol–water partition coefficient (Wildman–Crippen LogP) is 6.96. The molecule has 0 aliphatic carbocycles. The molecule has 0 aliphatic rings. The summed E-state index contributed by atoms with van der Waals surface area (Å²) in [4.78, 5) is 21.3. The molecule has 0 radical (unpaired) electrons. The minimum atomic E-state index is -0.560. The Bertz CT molecular complexity index is 1850. The summed E-state index contributed by atoms with van der Waals surface area (Å²) in [5.41, 5.74) is 3.84. The first-order valence-corrected chi connectivity index (χ1v) is 12.4. The van der Waals surface area contributed by atoms with Crippen molar-refractivity contribution in [1.29, 1.82) is 0 Å². The number of aromatic nitrogens is 4. The third-order valence-electron chi connectivity index (χ3n) is 6.20. The molecule has 2 aromatic heterocycles. The molecule has 2 N–H and O–H groups in total. The number of fused-ring (bicyclic) bond motifs is 2. The molecule has 0 atom stereocenters. The first-order valence-electron chi connectivity index (χ1n) is 11.7. The number of hydrogen-bond acceptors (Lipinski definition) is 12. The van der Waals surface area contributed by atoms with E-state index in [0.717, 1.165) is 11.1 Å². The van der Waals surface area contributed by atoms with Crippen molar-refractivity contribution >= 4 is 79.4 Å². The summed E-state index contributed by atoms with van der Waals surface area (Å²) in [6.45, 7) is 0. The minimum Gasteiger partial charge on any atom is -0.352 e. The van der Waals surface area contributed by atoms with Crippen molar-refractivity contribution in [2.45, 2.75) is 6.42 Å². The largest absolute Gasteiger partial charge is 0.352 e. The quantitative estimate of drug-likeness (QED) is 0.137. The normalized spacial score (nSPS) is 11.2. The van der Waals surface area contributed by atoms with Gasteiger partial charge < -0.3 is 10.6 Å². The first kappa shape index (κ1) is 25.9. The Kier molecular flexibility index (Phi) is 6.53. The maximum absolute atomic E-state index is 11.2. The Labute approximate surface area is 238 Å². The van der Waals surface area contributed by atoms with E-state index in [0.29, 0.717) is 39.2 Å². The van der Waals surface area contributed by atoms with E-state index >= 15 is 0 Å². The highest BCUT2D eigenvalue weighted by Crippen LogP contribution is 2.35. The third-order valence-corrected chi connectivity index (χ3v) is 6.82. The average Bonchev–Trinajstić information content (AvgIpc) is 3.62. The number of anilines is 4. The van der Waals surface area contributed by atoms with Gasteiger partial charge in [0.1, 0.15) is 0 Å². The van der Waals surface area contributed by atoms with E-state index in [1.807, 2.05) is 12.1 Å². The van der Waals surface area contributed by atoms with Crippen LogP contribution in [0, 0.1) is 20.2 Å². The van der Waals surface area contributed by atoms with Crippen molar-refractivity contribution < 1.29 is 19.1 Å². The molecule has 4 aromatic carbocycles. The van der Waals surface area contributed by atoms with Crippen LogP contribution in [0.5, 0.6) is 0 Å². The van der Waals surface area contributed by atoms with Crippen LogP contribution in [0.2, 0.25) is 10.0 Å². The summed E-state index contributed by atoms with van der Waals surface area (Å²) in [7, 11) is 0. The summed E-state index contributed by atoms with van der Waals surface area (Å²) in [6.07, 6.45) is 0.518. The smallest absolute Gasteiger partial charge is 0.300 e. The van der Waals surface area contributed by atoms with Crippen LogP contribution < -0.4 is 10.6 Å². The maximum Gasteiger partial charge on any atom is 0.300 e. The van der Waals surface area contributed by atoms with Gasteiger partial charge in [-0.3, -0.25) is 20.2 Å². The number of hydrogen-bond donors (Lipinski definition) is 2. The van der Waals surface area contributed by atoms with E-state index in [1.54, 1.807) is 24.3 Å². The number of non-ortho nitro benzene ring substituents is 2. The van der Waals surface area contributed by atoms with Gasteiger partial charge in [0.2, 0.25) is 11.0 Å². The summed E-state index contributed by atoms with van der Waals surface area (Å²) >= 11 is 13.1. The maximum atomic E-state index is 11.2. The Morgan fingerprint density at radius 1 is 0.610 bits per heavy atom. The van der Waals surface area contributed by atoms with Crippen molar-refractivity contribution in [3.8, 4) is 0 Å². The number of nitrogens with one attached hydrogen (secondary N) is 2. The highest BCUT2D eigenvalue weighted by Gasteiger charge is 2.21. The van der Waals surface area contributed by atoms with Crippen LogP contribution in [0.4, 0.5) is 34.1 Å². The SMILES string of the molecule is O=[N+]([O-])c1ccc(Nc2ccc(Cc3ccc(Nc4ccc([N+](=O)[O-])c5nonc45)c(Cl)c3)cc2Cl)c2nonc12. The fourth-order valence-corrected chi connectivity index (χ4v) is 4.77. The van der Waals surface area contributed by atoms with Crippen LogP contribution in [-0.2, 0) is 6.42 Å². The molecule has 0 unspecified atom stereocenters. The van der Waals surface area contributed by atoms with E-state index in [2.05, 4.69) is 31.3 Å². The lowest BCUT2D eigenvalue weighted by Crippen LogP contribution is -1.97. The van der Waals surface area contributed by atoms with Gasteiger partial charge in [-0.2, -0.15) is 0 Å². The van der Waals surface area contributed by atoms with Gasteiger partial charge in [-0.05, 0) is 74.6 Å². The molecule has 0 fully saturated rings. The second-order valence-corrected chi connectivity index (χ2v) is 9.57. The lowest BCUT2D eigenvalue weighted by atomic mass is 10.0. The fraction of sp³-hybridized carbons (Fsp3) is 0.0400. The zero-order chi connectivity index (χ0) is 28.7. The highest BCUT2D eigenvalue weighted by atomic mass is 35.5. The lowest BCUT2D eigenvalue weighted by Gasteiger charge is -2.12. The number of nitro groups is 2. The van der Waals surface area contributed by atoms with Crippen LogP contribution in [0.25, 0.3) is 22.1 Å². The van der Waals surface area contributed by atoms with Crippen molar-refractivity contribution in [2.75, 3.05) is 10.6 Å². The molecule has 0 saturated heterocycles. The van der Waals surface area contributed by atoms with E-state index in [4.69, 9.17) is 32.5 Å². The van der Waals surface area contributed by atoms with Crippen molar-refractivity contribution in [2.24, 2.45) is 0 Å². The van der Waals surface area contributed by atoms with Gasteiger partial charge in [0.25, 0.3) is 0 Å². The third kappa shape index (κ3) is 4.92. The predicted molar refractivity (Wildman–Crippen MR) is 149 cm³/mol. The van der Waals surface area contributed by atoms with E-state index in [-0.39, 0.29) is 33.4 Å². The zero-order valence-corrected chi connectivity index (χ0v) is 21.9. The van der Waals surface area contributed by atoms with Gasteiger partial charge in [0.05, 0.1) is 42.6 Å². The molecular formula is C25H14Cl2N8O6. The minimum absolute atomic E-state index is 0.0262. The molecular weight excluding hydrogens is 579 g/mol. The van der Waals surface area contributed by atoms with E-state index in [1.165, 1.54) is 24.3 Å². The van der Waals surface area contributed by atoms with Crippen LogP contribution in [0.3, 0.4) is 0 Å². The molecule has 0 aliphatic heterocycles. The van der Waals surface area contributed by atoms with E-state index in [9.17, 15) is 20.2 Å². The molecule has 14 nitrogen and oxygen atoms in total. The highest BCUT2D eigenvalue weighted by molar-refractivity contribution is 6.34. The molecule has 2 heterocycles. The van der Waals surface area contributed by atoms with Gasteiger partial charge in [-0.1, -0.05) is 35.3 Å². The number of rotatable bonds is 8. The molecule has 204 valence electrons. The van der Waals surface area contributed by atoms with Crippen LogP contribution in [-0.4, -0.2) is 30.5 Å². The number of benzene rings is 4. The summed E-state index contributed by atoms with van der Waals surface area (Å²) in [6, 6.07) is 16.5. The zero-order valence-electron chi connectivity index (χ0n) is 20.4. The topological polar surface area (TPSA) is 188 Å². The van der Waals surface area contributed by atoms with Crippen LogP contribution in [0.1, 0.15) is 11.1 Å². The van der Waals surface area contributed by atoms with Gasteiger partial charge in [0.15, 0.2) is 11.0 Å². The standard InChI is InChI=1S/C25H14Cl2N8O6/c26-14-10-12(1-3-16(14)28-18-5-7-20(34(36)37)24-22(18)30-40-32-24)9-13-2-4-17(15(27)11-13)29-19-6-8-21(35(38)39)25-23(19)31-41-33-25/h1-8,10-11,28-29H,9H2. The lowest BCUT2D eigenvalue weighted by molar-refractivity contribution is -0.383. The Morgan fingerprint density at radius 2 is 1.00 bits per heavy atom. The van der Waals surface area contributed by atoms with Crippen LogP contribution in [0.15, 0.2) is 69.9 Å². The van der Waals surface area contributed by atoms with Gasteiger partial charge in [0, 0.05) is 12.1 Å². The fourth-order valence-electron chi connectivity index (χ4n) is 4.27. The number of nitrogens with zero attached hydrogens (tertiary/aromatic N) is 6. The van der Waals surface area contributed by atoms with Crippen molar-refractivity contribution in [3.63, 3.8) is 0 Å². The molecule has 0 saturated carbocycles. The van der Waals surface area contributed by atoms with E-state index < -0.39 is 9.85 Å². The molecule has 0 bridgehead atoms. The molecule has 16 heteroatoms.